The predicted octanol–water partition coefficient (Wildman–Crippen LogP) is 5.58. The Morgan fingerprint density at radius 3 is 2.58 bits per heavy atom. The van der Waals surface area contributed by atoms with Crippen LogP contribution < -0.4 is 5.32 Å². The third-order valence-electron chi connectivity index (χ3n) is 8.06. The minimum Gasteiger partial charge on any atom is -0.392 e. The molecule has 1 saturated carbocycles. The maximum atomic E-state index is 11.6. The van der Waals surface area contributed by atoms with Gasteiger partial charge in [0, 0.05) is 43.7 Å². The van der Waals surface area contributed by atoms with Crippen LogP contribution in [0.2, 0.25) is 0 Å². The summed E-state index contributed by atoms with van der Waals surface area (Å²) < 4.78 is 13.1. The molecule has 1 aliphatic carbocycles. The van der Waals surface area contributed by atoms with Crippen LogP contribution in [0.1, 0.15) is 82.5 Å². The van der Waals surface area contributed by atoms with Gasteiger partial charge in [0.15, 0.2) is 6.29 Å². The van der Waals surface area contributed by atoms with Gasteiger partial charge >= 0.3 is 0 Å². The molecular formula is C30H40N2O4. The number of fused-ring (bicyclic) bond motifs is 2. The molecule has 1 amide bonds. The first-order chi connectivity index (χ1) is 17.1. The third-order valence-corrected chi connectivity index (χ3v) is 8.06. The van der Waals surface area contributed by atoms with Crippen LogP contribution >= 0.6 is 0 Å². The molecule has 2 aliphatic heterocycles. The minimum absolute atomic E-state index is 0.0293. The predicted molar refractivity (Wildman–Crippen MR) is 140 cm³/mol. The van der Waals surface area contributed by atoms with Crippen LogP contribution in [-0.2, 0) is 20.9 Å². The van der Waals surface area contributed by atoms with Crippen LogP contribution in [-0.4, -0.2) is 41.1 Å². The number of nitrogens with zero attached hydrogens (tertiary/aromatic N) is 1. The molecule has 2 saturated heterocycles. The molecule has 2 N–H and O–H groups in total. The zero-order valence-electron chi connectivity index (χ0n) is 22.0. The van der Waals surface area contributed by atoms with Crippen LogP contribution in [0.25, 0.3) is 0 Å². The number of likely N-dealkylation sites (tertiary alicyclic amines) is 1. The number of aliphatic hydroxyl groups excluding tert-OH is 1. The van der Waals surface area contributed by atoms with Gasteiger partial charge in [0.05, 0.1) is 18.8 Å². The van der Waals surface area contributed by atoms with Crippen molar-refractivity contribution in [1.82, 2.24) is 4.90 Å². The molecule has 6 heteroatoms. The second-order valence-corrected chi connectivity index (χ2v) is 12.3. The summed E-state index contributed by atoms with van der Waals surface area (Å²) in [5, 5.41) is 12.3. The Kier molecular flexibility index (Phi) is 6.98. The molecule has 2 aromatic rings. The number of nitrogens with one attached hydrogen (secondary N) is 1. The number of carbonyl (C=O) groups is 1. The number of benzene rings is 2. The number of hydrogen-bond acceptors (Lipinski definition) is 5. The van der Waals surface area contributed by atoms with Crippen molar-refractivity contribution in [1.29, 1.82) is 0 Å². The van der Waals surface area contributed by atoms with Gasteiger partial charge in [-0.3, -0.25) is 9.69 Å². The molecule has 194 valence electrons. The van der Waals surface area contributed by atoms with Gasteiger partial charge in [-0.2, -0.15) is 0 Å². The fourth-order valence-electron chi connectivity index (χ4n) is 7.05. The fraction of sp³-hybridized carbons (Fsp3) is 0.567. The molecule has 2 heterocycles. The summed E-state index contributed by atoms with van der Waals surface area (Å²) in [6.07, 6.45) is 3.97. The average Bonchev–Trinajstić information content (AvgIpc) is 3.06. The lowest BCUT2D eigenvalue weighted by Gasteiger charge is -2.41. The quantitative estimate of drug-likeness (QED) is 0.551. The van der Waals surface area contributed by atoms with E-state index in [-0.39, 0.29) is 24.7 Å². The summed E-state index contributed by atoms with van der Waals surface area (Å²) in [5.74, 6) is -0.103. The third kappa shape index (κ3) is 5.67. The fourth-order valence-corrected chi connectivity index (χ4v) is 7.05. The van der Waals surface area contributed by atoms with Crippen molar-refractivity contribution in [2.45, 2.75) is 84.5 Å². The Hall–Kier alpha value is -2.25. The average molecular weight is 493 g/mol. The van der Waals surface area contributed by atoms with E-state index in [4.69, 9.17) is 9.47 Å². The highest BCUT2D eigenvalue weighted by atomic mass is 16.7. The summed E-state index contributed by atoms with van der Waals surface area (Å²) in [7, 11) is 0. The number of carbonyl (C=O) groups excluding carboxylic acids is 1. The van der Waals surface area contributed by atoms with Gasteiger partial charge in [-0.1, -0.05) is 57.2 Å². The molecule has 0 aromatic heterocycles. The standard InChI is InChI=1S/C30H40N2O4/c1-20(34)31-24-7-5-6-23(12-24)28-35-26(13-27(36-28)22-10-8-21(17-33)9-11-22)16-32-19-30(4)15-25(32)14-29(2,3)18-30/h5-12,25-28,33H,13-19H2,1-4H3,(H,31,34)/t25?,26-,27+,28+,30?/m1/s1. The van der Waals surface area contributed by atoms with Crippen LogP contribution in [0.4, 0.5) is 5.69 Å². The Morgan fingerprint density at radius 1 is 1.08 bits per heavy atom. The number of amides is 1. The molecule has 2 unspecified atom stereocenters. The van der Waals surface area contributed by atoms with Crippen LogP contribution in [0.3, 0.4) is 0 Å². The summed E-state index contributed by atoms with van der Waals surface area (Å²) in [6, 6.07) is 16.4. The second kappa shape index (κ2) is 9.90. The van der Waals surface area contributed by atoms with Gasteiger partial charge in [-0.05, 0) is 53.4 Å². The van der Waals surface area contributed by atoms with Crippen molar-refractivity contribution in [2.75, 3.05) is 18.4 Å². The molecule has 0 spiro atoms. The monoisotopic (exact) mass is 492 g/mol. The Labute approximate surface area is 215 Å². The molecule has 6 nitrogen and oxygen atoms in total. The van der Waals surface area contributed by atoms with E-state index in [2.05, 4.69) is 43.1 Å². The van der Waals surface area contributed by atoms with Crippen LogP contribution in [0, 0.1) is 10.8 Å². The summed E-state index contributed by atoms with van der Waals surface area (Å²) in [6.45, 7) is 10.8. The first kappa shape index (κ1) is 25.4. The van der Waals surface area contributed by atoms with Gasteiger partial charge in [-0.15, -0.1) is 0 Å². The lowest BCUT2D eigenvalue weighted by molar-refractivity contribution is -0.253. The largest absolute Gasteiger partial charge is 0.392 e. The maximum Gasteiger partial charge on any atom is 0.221 e. The first-order valence-electron chi connectivity index (χ1n) is 13.2. The van der Waals surface area contributed by atoms with E-state index in [1.807, 2.05) is 36.4 Å². The van der Waals surface area contributed by atoms with E-state index >= 15 is 0 Å². The number of rotatable bonds is 6. The van der Waals surface area contributed by atoms with E-state index in [9.17, 15) is 9.90 Å². The van der Waals surface area contributed by atoms with Gasteiger partial charge in [0.25, 0.3) is 0 Å². The van der Waals surface area contributed by atoms with Crippen molar-refractivity contribution in [3.8, 4) is 0 Å². The van der Waals surface area contributed by atoms with E-state index in [0.29, 0.717) is 16.9 Å². The number of aliphatic hydroxyl groups is 1. The Bertz CT molecular complexity index is 1080. The highest BCUT2D eigenvalue weighted by Gasteiger charge is 2.50. The minimum atomic E-state index is -0.519. The highest BCUT2D eigenvalue weighted by molar-refractivity contribution is 5.88. The van der Waals surface area contributed by atoms with Crippen LogP contribution in [0.15, 0.2) is 48.5 Å². The summed E-state index contributed by atoms with van der Waals surface area (Å²) >= 11 is 0. The van der Waals surface area contributed by atoms with Crippen molar-refractivity contribution in [2.24, 2.45) is 10.8 Å². The lowest BCUT2D eigenvalue weighted by atomic mass is 9.65. The molecule has 5 rings (SSSR count). The van der Waals surface area contributed by atoms with Gasteiger partial charge < -0.3 is 19.9 Å². The Balaban J connectivity index is 1.38. The molecule has 0 radical (unpaired) electrons. The molecule has 36 heavy (non-hydrogen) atoms. The molecular weight excluding hydrogens is 452 g/mol. The van der Waals surface area contributed by atoms with Gasteiger partial charge in [0.1, 0.15) is 0 Å². The van der Waals surface area contributed by atoms with E-state index < -0.39 is 6.29 Å². The number of hydrogen-bond donors (Lipinski definition) is 2. The molecule has 3 fully saturated rings. The highest BCUT2D eigenvalue weighted by Crippen LogP contribution is 2.53. The van der Waals surface area contributed by atoms with Gasteiger partial charge in [-0.25, -0.2) is 0 Å². The van der Waals surface area contributed by atoms with E-state index in [0.717, 1.165) is 41.9 Å². The van der Waals surface area contributed by atoms with Crippen molar-refractivity contribution >= 4 is 11.6 Å². The van der Waals surface area contributed by atoms with E-state index in [1.165, 1.54) is 26.2 Å². The molecule has 3 aliphatic rings. The zero-order valence-corrected chi connectivity index (χ0v) is 22.0. The van der Waals surface area contributed by atoms with E-state index in [1.54, 1.807) is 0 Å². The summed E-state index contributed by atoms with van der Waals surface area (Å²) in [4.78, 5) is 14.3. The van der Waals surface area contributed by atoms with Crippen molar-refractivity contribution in [3.05, 3.63) is 65.2 Å². The molecule has 2 bridgehead atoms. The maximum absolute atomic E-state index is 11.6. The van der Waals surface area contributed by atoms with Crippen molar-refractivity contribution in [3.63, 3.8) is 0 Å². The topological polar surface area (TPSA) is 71.0 Å². The normalized spacial score (nSPS) is 31.8. The molecule has 5 atom stereocenters. The van der Waals surface area contributed by atoms with Crippen molar-refractivity contribution < 1.29 is 19.4 Å². The Morgan fingerprint density at radius 2 is 1.86 bits per heavy atom. The lowest BCUT2D eigenvalue weighted by Crippen LogP contribution is -2.42. The number of ether oxygens (including phenoxy) is 2. The zero-order chi connectivity index (χ0) is 25.5. The summed E-state index contributed by atoms with van der Waals surface area (Å²) in [5.41, 5.74) is 4.38. The SMILES string of the molecule is CC(=O)Nc1cccc([C@H]2O[C@@H](CN3CC4(C)CC3CC(C)(C)C4)C[C@@H](c3ccc(CO)cc3)O2)c1. The second-order valence-electron chi connectivity index (χ2n) is 12.3. The van der Waals surface area contributed by atoms with Gasteiger partial charge in [0.2, 0.25) is 5.91 Å². The smallest absolute Gasteiger partial charge is 0.221 e. The van der Waals surface area contributed by atoms with Crippen LogP contribution in [0.5, 0.6) is 0 Å². The number of anilines is 1. The molecule has 2 aromatic carbocycles. The first-order valence-corrected chi connectivity index (χ1v) is 13.2.